The van der Waals surface area contributed by atoms with E-state index in [4.69, 9.17) is 16.7 Å². The number of benzene rings is 1. The zero-order valence-electron chi connectivity index (χ0n) is 9.88. The summed E-state index contributed by atoms with van der Waals surface area (Å²) in [7, 11) is 0. The predicted molar refractivity (Wildman–Crippen MR) is 72.8 cm³/mol. The summed E-state index contributed by atoms with van der Waals surface area (Å²) >= 11 is 5.78. The van der Waals surface area contributed by atoms with Crippen molar-refractivity contribution in [2.45, 2.75) is 0 Å². The Morgan fingerprint density at radius 3 is 2.60 bits per heavy atom. The van der Waals surface area contributed by atoms with E-state index < -0.39 is 22.9 Å². The van der Waals surface area contributed by atoms with Crippen LogP contribution in [-0.2, 0) is 9.59 Å². The molecule has 1 aromatic heterocycles. The molecular weight excluding hydrogens is 286 g/mol. The molecule has 0 aliphatic carbocycles. The topological polar surface area (TPSA) is 107 Å². The van der Waals surface area contributed by atoms with Crippen molar-refractivity contribution in [2.75, 3.05) is 0 Å². The molecule has 0 saturated heterocycles. The molecule has 0 saturated carbocycles. The molecule has 7 heteroatoms. The van der Waals surface area contributed by atoms with E-state index in [1.165, 1.54) is 24.4 Å². The number of pyridine rings is 1. The van der Waals surface area contributed by atoms with E-state index >= 15 is 0 Å². The number of H-pyrrole nitrogens is 1. The van der Waals surface area contributed by atoms with Gasteiger partial charge in [-0.15, -0.1) is 0 Å². The monoisotopic (exact) mass is 293 g/mol. The van der Waals surface area contributed by atoms with Gasteiger partial charge in [0, 0.05) is 22.7 Å². The highest BCUT2D eigenvalue weighted by atomic mass is 35.5. The number of aromatic amines is 1. The van der Waals surface area contributed by atoms with Gasteiger partial charge in [-0.1, -0.05) is 11.6 Å². The maximum Gasteiger partial charge on any atom is 0.376 e. The number of carboxylic acid groups (broad SMARTS) is 1. The zero-order chi connectivity index (χ0) is 14.9. The Hall–Kier alpha value is -2.60. The lowest BCUT2D eigenvalue weighted by Gasteiger charge is -2.03. The van der Waals surface area contributed by atoms with Crippen molar-refractivity contribution in [3.63, 3.8) is 0 Å². The van der Waals surface area contributed by atoms with Crippen LogP contribution in [0, 0.1) is 0 Å². The Labute approximate surface area is 116 Å². The molecule has 0 fully saturated rings. The maximum absolute atomic E-state index is 12.1. The fourth-order valence-corrected chi connectivity index (χ4v) is 1.82. The van der Waals surface area contributed by atoms with Gasteiger partial charge in [0.05, 0.1) is 11.1 Å². The first kappa shape index (κ1) is 13.8. The third-order valence-electron chi connectivity index (χ3n) is 2.60. The number of fused-ring (bicyclic) bond motifs is 1. The number of hydrogen-bond donors (Lipinski definition) is 3. The number of carbonyl (C=O) groups excluding carboxylic acids is 1. The molecule has 102 valence electrons. The van der Waals surface area contributed by atoms with E-state index in [0.717, 1.165) is 0 Å². The molecule has 0 amide bonds. The second kappa shape index (κ2) is 5.18. The Morgan fingerprint density at radius 1 is 1.25 bits per heavy atom. The first-order valence-corrected chi connectivity index (χ1v) is 5.77. The minimum absolute atomic E-state index is 0.200. The average Bonchev–Trinajstić information content (AvgIpc) is 2.38. The third kappa shape index (κ3) is 2.55. The summed E-state index contributed by atoms with van der Waals surface area (Å²) in [5, 5.41) is 18.8. The van der Waals surface area contributed by atoms with Crippen LogP contribution in [-0.4, -0.2) is 26.9 Å². The van der Waals surface area contributed by atoms with Crippen molar-refractivity contribution in [2.24, 2.45) is 0 Å². The lowest BCUT2D eigenvalue weighted by atomic mass is 10.1. The van der Waals surface area contributed by atoms with Gasteiger partial charge in [0.1, 0.15) is 5.76 Å². The Morgan fingerprint density at radius 2 is 1.95 bits per heavy atom. The first-order valence-electron chi connectivity index (χ1n) is 5.39. The molecule has 20 heavy (non-hydrogen) atoms. The highest BCUT2D eigenvalue weighted by Crippen LogP contribution is 2.16. The number of halogens is 1. The number of hydrogen-bond acceptors (Lipinski definition) is 4. The second-order valence-electron chi connectivity index (χ2n) is 3.92. The van der Waals surface area contributed by atoms with Crippen LogP contribution in [0.3, 0.4) is 0 Å². The summed E-state index contributed by atoms with van der Waals surface area (Å²) in [6, 6.07) is 4.50. The lowest BCUT2D eigenvalue weighted by Crippen LogP contribution is -2.13. The number of aliphatic hydroxyl groups excluding tert-OH is 1. The van der Waals surface area contributed by atoms with Crippen LogP contribution in [0.15, 0.2) is 35.3 Å². The van der Waals surface area contributed by atoms with Gasteiger partial charge in [-0.25, -0.2) is 4.79 Å². The number of carbonyl (C=O) groups is 2. The number of ketones is 1. The highest BCUT2D eigenvalue weighted by Gasteiger charge is 2.14. The van der Waals surface area contributed by atoms with Crippen LogP contribution in [0.5, 0.6) is 0 Å². The van der Waals surface area contributed by atoms with E-state index in [0.29, 0.717) is 16.6 Å². The van der Waals surface area contributed by atoms with Crippen molar-refractivity contribution >= 4 is 40.0 Å². The van der Waals surface area contributed by atoms with Crippen molar-refractivity contribution in [1.29, 1.82) is 0 Å². The van der Waals surface area contributed by atoms with Crippen molar-refractivity contribution in [3.8, 4) is 0 Å². The summed E-state index contributed by atoms with van der Waals surface area (Å²) in [5.74, 6) is -3.76. The molecule has 1 heterocycles. The van der Waals surface area contributed by atoms with Gasteiger partial charge in [-0.05, 0) is 18.2 Å². The molecule has 0 aliphatic heterocycles. The predicted octanol–water partition coefficient (Wildman–Crippen LogP) is 1.73. The minimum Gasteiger partial charge on any atom is -0.507 e. The molecule has 0 unspecified atom stereocenters. The smallest absolute Gasteiger partial charge is 0.376 e. The number of aliphatic carboxylic acids is 1. The molecule has 6 nitrogen and oxygen atoms in total. The van der Waals surface area contributed by atoms with Crippen LogP contribution in [0.25, 0.3) is 16.7 Å². The zero-order valence-corrected chi connectivity index (χ0v) is 10.6. The SMILES string of the molecule is O=C(O)C(=O)/C=C(\O)c1c[nH]c2cc(Cl)ccc2c1=O. The van der Waals surface area contributed by atoms with Crippen molar-refractivity contribution < 1.29 is 19.8 Å². The summed E-state index contributed by atoms with van der Waals surface area (Å²) < 4.78 is 0. The van der Waals surface area contributed by atoms with E-state index in [-0.39, 0.29) is 10.9 Å². The van der Waals surface area contributed by atoms with Gasteiger partial charge in [-0.2, -0.15) is 0 Å². The maximum atomic E-state index is 12.1. The number of nitrogens with one attached hydrogen (secondary N) is 1. The number of aromatic nitrogens is 1. The minimum atomic E-state index is -1.72. The van der Waals surface area contributed by atoms with Gasteiger partial charge in [-0.3, -0.25) is 9.59 Å². The largest absolute Gasteiger partial charge is 0.507 e. The number of rotatable bonds is 3. The normalized spacial score (nSPS) is 11.6. The highest BCUT2D eigenvalue weighted by molar-refractivity contribution is 6.38. The van der Waals surface area contributed by atoms with Gasteiger partial charge in [0.2, 0.25) is 0 Å². The first-order chi connectivity index (χ1) is 9.40. The summed E-state index contributed by atoms with van der Waals surface area (Å²) in [4.78, 5) is 36.2. The molecule has 0 aliphatic rings. The molecule has 2 rings (SSSR count). The number of aliphatic hydroxyl groups is 1. The van der Waals surface area contributed by atoms with E-state index in [1.807, 2.05) is 0 Å². The molecule has 0 atom stereocenters. The fraction of sp³-hybridized carbons (Fsp3) is 0. The van der Waals surface area contributed by atoms with Gasteiger partial charge < -0.3 is 15.2 Å². The molecule has 2 aromatic rings. The van der Waals surface area contributed by atoms with E-state index in [2.05, 4.69) is 4.98 Å². The van der Waals surface area contributed by atoms with Crippen LogP contribution >= 0.6 is 11.6 Å². The Kier molecular flexibility index (Phi) is 3.58. The van der Waals surface area contributed by atoms with E-state index in [9.17, 15) is 19.5 Å². The van der Waals surface area contributed by atoms with Crippen LogP contribution in [0.4, 0.5) is 0 Å². The molecule has 3 N–H and O–H groups in total. The standard InChI is InChI=1S/C13H8ClNO5/c14-6-1-2-7-9(3-6)15-5-8(12(7)18)10(16)4-11(17)13(19)20/h1-5,16H,(H,15,18)(H,19,20)/b10-4-. The molecular formula is C13H8ClNO5. The summed E-state index contributed by atoms with van der Waals surface area (Å²) in [6.45, 7) is 0. The van der Waals surface area contributed by atoms with Crippen LogP contribution < -0.4 is 5.43 Å². The Balaban J connectivity index is 2.59. The molecule has 0 radical (unpaired) electrons. The molecule has 0 bridgehead atoms. The number of carboxylic acids is 1. The lowest BCUT2D eigenvalue weighted by molar-refractivity contribution is -0.146. The van der Waals surface area contributed by atoms with Crippen LogP contribution in [0.1, 0.15) is 5.56 Å². The van der Waals surface area contributed by atoms with E-state index in [1.54, 1.807) is 0 Å². The Bertz CT molecular complexity index is 806. The quantitative estimate of drug-likeness (QED) is 0.454. The second-order valence-corrected chi connectivity index (χ2v) is 4.36. The van der Waals surface area contributed by atoms with Crippen molar-refractivity contribution in [1.82, 2.24) is 4.98 Å². The van der Waals surface area contributed by atoms with Crippen molar-refractivity contribution in [3.05, 3.63) is 51.3 Å². The fourth-order valence-electron chi connectivity index (χ4n) is 1.65. The average molecular weight is 294 g/mol. The summed E-state index contributed by atoms with van der Waals surface area (Å²) in [6.07, 6.45) is 1.66. The van der Waals surface area contributed by atoms with Gasteiger partial charge >= 0.3 is 5.97 Å². The molecule has 0 spiro atoms. The van der Waals surface area contributed by atoms with Gasteiger partial charge in [0.25, 0.3) is 5.78 Å². The summed E-state index contributed by atoms with van der Waals surface area (Å²) in [5.41, 5.74) is -0.277. The van der Waals surface area contributed by atoms with Gasteiger partial charge in [0.15, 0.2) is 5.43 Å². The third-order valence-corrected chi connectivity index (χ3v) is 2.83. The van der Waals surface area contributed by atoms with Crippen LogP contribution in [0.2, 0.25) is 5.02 Å². The molecule has 1 aromatic carbocycles.